The molecule has 15 heavy (non-hydrogen) atoms. The van der Waals surface area contributed by atoms with E-state index in [0.29, 0.717) is 6.01 Å². The molecule has 0 bridgehead atoms. The fraction of sp³-hybridized carbons (Fsp3) is 0.182. The van der Waals surface area contributed by atoms with Crippen molar-refractivity contribution < 1.29 is 4.42 Å². The average molecular weight is 267 g/mol. The number of rotatable bonds is 2. The molecule has 1 N–H and O–H groups in total. The van der Waals surface area contributed by atoms with E-state index < -0.39 is 0 Å². The first-order valence-corrected chi connectivity index (χ1v) is 5.41. The van der Waals surface area contributed by atoms with Gasteiger partial charge in [-0.1, -0.05) is 28.1 Å². The molecule has 0 saturated heterocycles. The third-order valence-corrected chi connectivity index (χ3v) is 2.65. The van der Waals surface area contributed by atoms with Crippen molar-refractivity contribution in [3.05, 3.63) is 34.4 Å². The van der Waals surface area contributed by atoms with E-state index in [9.17, 15) is 0 Å². The zero-order valence-electron chi connectivity index (χ0n) is 8.54. The van der Waals surface area contributed by atoms with Crippen molar-refractivity contribution >= 4 is 21.9 Å². The Bertz CT molecular complexity index is 462. The molecule has 4 heteroatoms. The standard InChI is InChI=1S/C11H11BrN2O/c1-7-10(15-11(13-2)14-7)8-3-5-9(12)6-4-8/h3-6H,1-2H3,(H,13,14). The number of nitrogens with zero attached hydrogens (tertiary/aromatic N) is 1. The van der Waals surface area contributed by atoms with Crippen LogP contribution in [0.5, 0.6) is 0 Å². The highest BCUT2D eigenvalue weighted by molar-refractivity contribution is 9.10. The van der Waals surface area contributed by atoms with E-state index >= 15 is 0 Å². The van der Waals surface area contributed by atoms with Crippen LogP contribution in [0.2, 0.25) is 0 Å². The fourth-order valence-corrected chi connectivity index (χ4v) is 1.64. The molecule has 1 aromatic carbocycles. The summed E-state index contributed by atoms with van der Waals surface area (Å²) < 4.78 is 6.60. The molecule has 0 spiro atoms. The molecule has 2 rings (SSSR count). The maximum Gasteiger partial charge on any atom is 0.295 e. The SMILES string of the molecule is CNc1nc(C)c(-c2ccc(Br)cc2)o1. The van der Waals surface area contributed by atoms with Gasteiger partial charge in [0.05, 0.1) is 5.69 Å². The van der Waals surface area contributed by atoms with Gasteiger partial charge in [0.15, 0.2) is 5.76 Å². The van der Waals surface area contributed by atoms with Gasteiger partial charge in [-0.3, -0.25) is 0 Å². The van der Waals surface area contributed by atoms with Crippen LogP contribution >= 0.6 is 15.9 Å². The van der Waals surface area contributed by atoms with Gasteiger partial charge < -0.3 is 9.73 Å². The van der Waals surface area contributed by atoms with Crippen LogP contribution < -0.4 is 5.32 Å². The van der Waals surface area contributed by atoms with Crippen LogP contribution in [0.3, 0.4) is 0 Å². The number of aryl methyl sites for hydroxylation is 1. The topological polar surface area (TPSA) is 38.1 Å². The molecule has 1 heterocycles. The summed E-state index contributed by atoms with van der Waals surface area (Å²) in [6, 6.07) is 8.51. The number of oxazole rings is 1. The lowest BCUT2D eigenvalue weighted by molar-refractivity contribution is 0.589. The summed E-state index contributed by atoms with van der Waals surface area (Å²) in [6.07, 6.45) is 0. The monoisotopic (exact) mass is 266 g/mol. The van der Waals surface area contributed by atoms with Crippen molar-refractivity contribution in [2.24, 2.45) is 0 Å². The Morgan fingerprint density at radius 1 is 1.27 bits per heavy atom. The molecule has 0 aliphatic rings. The normalized spacial score (nSPS) is 10.3. The fourth-order valence-electron chi connectivity index (χ4n) is 1.37. The van der Waals surface area contributed by atoms with E-state index in [4.69, 9.17) is 4.42 Å². The second-order valence-electron chi connectivity index (χ2n) is 3.19. The minimum Gasteiger partial charge on any atom is -0.423 e. The van der Waals surface area contributed by atoms with E-state index in [1.165, 1.54) is 0 Å². The van der Waals surface area contributed by atoms with Crippen molar-refractivity contribution in [2.45, 2.75) is 6.92 Å². The summed E-state index contributed by atoms with van der Waals surface area (Å²) in [5.74, 6) is 0.812. The molecule has 0 unspecified atom stereocenters. The maximum atomic E-state index is 5.55. The number of benzene rings is 1. The van der Waals surface area contributed by atoms with Crippen LogP contribution in [0.4, 0.5) is 6.01 Å². The molecule has 3 nitrogen and oxygen atoms in total. The van der Waals surface area contributed by atoms with Crippen LogP contribution in [-0.4, -0.2) is 12.0 Å². The highest BCUT2D eigenvalue weighted by Crippen LogP contribution is 2.27. The lowest BCUT2D eigenvalue weighted by atomic mass is 10.1. The van der Waals surface area contributed by atoms with Gasteiger partial charge in [0.1, 0.15) is 0 Å². The molecule has 2 aromatic rings. The molecule has 0 saturated carbocycles. The van der Waals surface area contributed by atoms with Crippen LogP contribution in [0.25, 0.3) is 11.3 Å². The van der Waals surface area contributed by atoms with Crippen LogP contribution in [0.15, 0.2) is 33.2 Å². The zero-order valence-corrected chi connectivity index (χ0v) is 10.1. The molecule has 0 aliphatic carbocycles. The highest BCUT2D eigenvalue weighted by atomic mass is 79.9. The molecule has 0 radical (unpaired) electrons. The summed E-state index contributed by atoms with van der Waals surface area (Å²) in [4.78, 5) is 4.24. The lowest BCUT2D eigenvalue weighted by Gasteiger charge is -1.97. The first-order chi connectivity index (χ1) is 7.20. The summed E-state index contributed by atoms with van der Waals surface area (Å²) in [7, 11) is 1.79. The number of hydrogen-bond acceptors (Lipinski definition) is 3. The van der Waals surface area contributed by atoms with Crippen LogP contribution in [-0.2, 0) is 0 Å². The molecule has 0 fully saturated rings. The molecule has 78 valence electrons. The Balaban J connectivity index is 2.44. The molecule has 0 amide bonds. The summed E-state index contributed by atoms with van der Waals surface area (Å²) in [5, 5.41) is 2.88. The Labute approximate surface area is 96.6 Å². The Kier molecular flexibility index (Phi) is 2.77. The van der Waals surface area contributed by atoms with E-state index in [1.807, 2.05) is 31.2 Å². The highest BCUT2D eigenvalue weighted by Gasteiger charge is 2.10. The van der Waals surface area contributed by atoms with E-state index in [0.717, 1.165) is 21.5 Å². The van der Waals surface area contributed by atoms with Crippen LogP contribution in [0, 0.1) is 6.92 Å². The van der Waals surface area contributed by atoms with Crippen molar-refractivity contribution in [1.29, 1.82) is 0 Å². The maximum absolute atomic E-state index is 5.55. The smallest absolute Gasteiger partial charge is 0.295 e. The van der Waals surface area contributed by atoms with E-state index in [-0.39, 0.29) is 0 Å². The first kappa shape index (κ1) is 10.2. The lowest BCUT2D eigenvalue weighted by Crippen LogP contribution is -1.85. The van der Waals surface area contributed by atoms with Crippen molar-refractivity contribution in [1.82, 2.24) is 4.98 Å². The molecule has 0 aliphatic heterocycles. The summed E-state index contributed by atoms with van der Waals surface area (Å²) in [6.45, 7) is 1.93. The van der Waals surface area contributed by atoms with Gasteiger partial charge in [0.2, 0.25) is 0 Å². The average Bonchev–Trinajstić information content (AvgIpc) is 2.61. The van der Waals surface area contributed by atoms with Crippen molar-refractivity contribution in [3.63, 3.8) is 0 Å². The molecule has 0 atom stereocenters. The molecular weight excluding hydrogens is 256 g/mol. The first-order valence-electron chi connectivity index (χ1n) is 4.62. The Hall–Kier alpha value is -1.29. The number of anilines is 1. The Morgan fingerprint density at radius 3 is 2.47 bits per heavy atom. The predicted octanol–water partition coefficient (Wildman–Crippen LogP) is 3.45. The minimum absolute atomic E-state index is 0.547. The predicted molar refractivity (Wildman–Crippen MR) is 63.9 cm³/mol. The largest absolute Gasteiger partial charge is 0.423 e. The third-order valence-electron chi connectivity index (χ3n) is 2.12. The summed E-state index contributed by atoms with van der Waals surface area (Å²) in [5.41, 5.74) is 1.92. The van der Waals surface area contributed by atoms with Gasteiger partial charge in [-0.05, 0) is 19.1 Å². The molecule has 1 aromatic heterocycles. The second kappa shape index (κ2) is 4.06. The van der Waals surface area contributed by atoms with E-state index in [2.05, 4.69) is 26.2 Å². The van der Waals surface area contributed by atoms with Gasteiger partial charge in [-0.15, -0.1) is 0 Å². The minimum atomic E-state index is 0.547. The van der Waals surface area contributed by atoms with Crippen molar-refractivity contribution in [2.75, 3.05) is 12.4 Å². The number of aromatic nitrogens is 1. The number of halogens is 1. The van der Waals surface area contributed by atoms with Gasteiger partial charge in [0.25, 0.3) is 6.01 Å². The number of nitrogens with one attached hydrogen (secondary N) is 1. The third kappa shape index (κ3) is 2.04. The number of hydrogen-bond donors (Lipinski definition) is 1. The van der Waals surface area contributed by atoms with Crippen molar-refractivity contribution in [3.8, 4) is 11.3 Å². The van der Waals surface area contributed by atoms with E-state index in [1.54, 1.807) is 7.05 Å². The Morgan fingerprint density at radius 2 is 1.93 bits per heavy atom. The zero-order chi connectivity index (χ0) is 10.8. The summed E-state index contributed by atoms with van der Waals surface area (Å²) >= 11 is 3.40. The van der Waals surface area contributed by atoms with Gasteiger partial charge in [-0.2, -0.15) is 4.98 Å². The second-order valence-corrected chi connectivity index (χ2v) is 4.11. The molecular formula is C11H11BrN2O. The van der Waals surface area contributed by atoms with Crippen LogP contribution in [0.1, 0.15) is 5.69 Å². The van der Waals surface area contributed by atoms with Gasteiger partial charge in [0, 0.05) is 17.1 Å². The quantitative estimate of drug-likeness (QED) is 0.905. The van der Waals surface area contributed by atoms with Gasteiger partial charge in [-0.25, -0.2) is 0 Å². The van der Waals surface area contributed by atoms with Gasteiger partial charge >= 0.3 is 0 Å².